The lowest BCUT2D eigenvalue weighted by atomic mass is 9.99. The topological polar surface area (TPSA) is 98.5 Å². The first kappa shape index (κ1) is 17.8. The van der Waals surface area contributed by atoms with E-state index in [1.807, 2.05) is 6.92 Å². The molecule has 0 radical (unpaired) electrons. The normalized spacial score (nSPS) is 15.5. The van der Waals surface area contributed by atoms with E-state index in [2.05, 4.69) is 10.5 Å². The number of nitrogens with one attached hydrogen (secondary N) is 1. The molecule has 0 aliphatic carbocycles. The fraction of sp³-hybridized carbons (Fsp3) is 0.368. The number of nitrogens with zero attached hydrogens (tertiary/aromatic N) is 1. The van der Waals surface area contributed by atoms with Crippen molar-refractivity contribution in [1.82, 2.24) is 5.16 Å². The van der Waals surface area contributed by atoms with E-state index in [1.54, 1.807) is 32.0 Å². The van der Waals surface area contributed by atoms with E-state index in [1.165, 1.54) is 0 Å². The Bertz CT molecular complexity index is 865. The third-order valence-corrected chi connectivity index (χ3v) is 4.62. The summed E-state index contributed by atoms with van der Waals surface area (Å²) >= 11 is 0. The second-order valence-electron chi connectivity index (χ2n) is 6.40. The summed E-state index contributed by atoms with van der Waals surface area (Å²) in [6, 6.07) is 5.00. The van der Waals surface area contributed by atoms with Crippen molar-refractivity contribution in [1.29, 1.82) is 0 Å². The molecule has 1 aliphatic heterocycles. The quantitative estimate of drug-likeness (QED) is 0.631. The molecule has 7 heteroatoms. The molecule has 0 unspecified atom stereocenters. The summed E-state index contributed by atoms with van der Waals surface area (Å²) in [7, 11) is 0. The summed E-state index contributed by atoms with van der Waals surface area (Å²) in [4.78, 5) is 35.8. The molecular formula is C19H20N2O5. The summed E-state index contributed by atoms with van der Waals surface area (Å²) in [6.45, 7) is 5.06. The Morgan fingerprint density at radius 3 is 2.77 bits per heavy atom. The van der Waals surface area contributed by atoms with E-state index in [0.717, 1.165) is 22.5 Å². The monoisotopic (exact) mass is 356 g/mol. The number of amides is 1. The Morgan fingerprint density at radius 1 is 1.31 bits per heavy atom. The van der Waals surface area contributed by atoms with Crippen molar-refractivity contribution in [3.8, 4) is 0 Å². The molecule has 3 rings (SSSR count). The SMILES string of the molecule is Cc1noc(C)c1CCC(=O)OCC(=O)c1ccc2c(c1)[C@@H](C)C(=O)N2. The fourth-order valence-electron chi connectivity index (χ4n) is 2.98. The highest BCUT2D eigenvalue weighted by Crippen LogP contribution is 2.32. The van der Waals surface area contributed by atoms with Crippen LogP contribution >= 0.6 is 0 Å². The zero-order chi connectivity index (χ0) is 18.8. The smallest absolute Gasteiger partial charge is 0.306 e. The zero-order valence-corrected chi connectivity index (χ0v) is 14.9. The van der Waals surface area contributed by atoms with Gasteiger partial charge in [0.1, 0.15) is 5.76 Å². The molecule has 1 atom stereocenters. The number of ketones is 1. The van der Waals surface area contributed by atoms with Crippen molar-refractivity contribution in [2.24, 2.45) is 0 Å². The Hall–Kier alpha value is -2.96. The van der Waals surface area contributed by atoms with Crippen LogP contribution in [0.15, 0.2) is 22.7 Å². The summed E-state index contributed by atoms with van der Waals surface area (Å²) in [5.74, 6) is -0.456. The molecule has 2 aromatic rings. The Kier molecular flexibility index (Phi) is 4.88. The number of rotatable bonds is 6. The molecule has 1 aromatic heterocycles. The van der Waals surface area contributed by atoms with E-state index in [-0.39, 0.29) is 30.6 Å². The van der Waals surface area contributed by atoms with Gasteiger partial charge in [-0.3, -0.25) is 14.4 Å². The van der Waals surface area contributed by atoms with Crippen LogP contribution in [0.4, 0.5) is 5.69 Å². The van der Waals surface area contributed by atoms with Gasteiger partial charge in [-0.2, -0.15) is 0 Å². The number of aromatic nitrogens is 1. The van der Waals surface area contributed by atoms with Crippen LogP contribution in [0.5, 0.6) is 0 Å². The number of fused-ring (bicyclic) bond motifs is 1. The lowest BCUT2D eigenvalue weighted by Crippen LogP contribution is -2.15. The number of hydrogen-bond donors (Lipinski definition) is 1. The number of hydrogen-bond acceptors (Lipinski definition) is 6. The summed E-state index contributed by atoms with van der Waals surface area (Å²) < 4.78 is 10.1. The van der Waals surface area contributed by atoms with Gasteiger partial charge in [0.25, 0.3) is 0 Å². The molecular weight excluding hydrogens is 336 g/mol. The van der Waals surface area contributed by atoms with Crippen molar-refractivity contribution in [3.05, 3.63) is 46.3 Å². The number of esters is 1. The van der Waals surface area contributed by atoms with Gasteiger partial charge in [0.05, 0.1) is 11.6 Å². The molecule has 0 spiro atoms. The van der Waals surface area contributed by atoms with Crippen LogP contribution in [0.1, 0.15) is 52.2 Å². The third-order valence-electron chi connectivity index (χ3n) is 4.62. The molecule has 7 nitrogen and oxygen atoms in total. The van der Waals surface area contributed by atoms with Crippen molar-refractivity contribution < 1.29 is 23.6 Å². The van der Waals surface area contributed by atoms with Gasteiger partial charge in [0.2, 0.25) is 5.91 Å². The minimum atomic E-state index is -0.454. The first-order valence-corrected chi connectivity index (χ1v) is 8.42. The van der Waals surface area contributed by atoms with Gasteiger partial charge < -0.3 is 14.6 Å². The van der Waals surface area contributed by atoms with E-state index in [9.17, 15) is 14.4 Å². The van der Waals surface area contributed by atoms with Crippen molar-refractivity contribution in [2.75, 3.05) is 11.9 Å². The van der Waals surface area contributed by atoms with Crippen LogP contribution in [-0.4, -0.2) is 29.4 Å². The van der Waals surface area contributed by atoms with Gasteiger partial charge >= 0.3 is 5.97 Å². The molecule has 136 valence electrons. The van der Waals surface area contributed by atoms with Crippen LogP contribution < -0.4 is 5.32 Å². The molecule has 0 saturated heterocycles. The summed E-state index contributed by atoms with van der Waals surface area (Å²) in [5, 5.41) is 6.59. The Morgan fingerprint density at radius 2 is 2.08 bits per heavy atom. The average molecular weight is 356 g/mol. The fourth-order valence-corrected chi connectivity index (χ4v) is 2.98. The van der Waals surface area contributed by atoms with Crippen LogP contribution in [0.3, 0.4) is 0 Å². The van der Waals surface area contributed by atoms with Gasteiger partial charge in [0, 0.05) is 23.2 Å². The summed E-state index contributed by atoms with van der Waals surface area (Å²) in [5.41, 5.74) is 3.56. The number of Topliss-reactive ketones (excluding diaryl/α,β-unsaturated/α-hetero) is 1. The maximum absolute atomic E-state index is 12.3. The highest BCUT2D eigenvalue weighted by molar-refractivity contribution is 6.05. The molecule has 2 heterocycles. The molecule has 1 amide bonds. The number of carbonyl (C=O) groups excluding carboxylic acids is 3. The second kappa shape index (κ2) is 7.11. The van der Waals surface area contributed by atoms with E-state index in [0.29, 0.717) is 17.7 Å². The highest BCUT2D eigenvalue weighted by Gasteiger charge is 2.27. The van der Waals surface area contributed by atoms with E-state index < -0.39 is 5.97 Å². The van der Waals surface area contributed by atoms with Gasteiger partial charge in [0.15, 0.2) is 12.4 Å². The van der Waals surface area contributed by atoms with Crippen molar-refractivity contribution >= 4 is 23.3 Å². The van der Waals surface area contributed by atoms with Gasteiger partial charge in [-0.25, -0.2) is 0 Å². The minimum Gasteiger partial charge on any atom is -0.457 e. The first-order valence-electron chi connectivity index (χ1n) is 8.42. The van der Waals surface area contributed by atoms with Gasteiger partial charge in [-0.1, -0.05) is 5.16 Å². The third kappa shape index (κ3) is 3.51. The van der Waals surface area contributed by atoms with Crippen molar-refractivity contribution in [3.63, 3.8) is 0 Å². The maximum atomic E-state index is 12.3. The number of carbonyl (C=O) groups is 3. The molecule has 0 bridgehead atoms. The molecule has 1 N–H and O–H groups in total. The van der Waals surface area contributed by atoms with Gasteiger partial charge in [-0.15, -0.1) is 0 Å². The van der Waals surface area contributed by atoms with E-state index in [4.69, 9.17) is 9.26 Å². The summed E-state index contributed by atoms with van der Waals surface area (Å²) in [6.07, 6.45) is 0.605. The van der Waals surface area contributed by atoms with Crippen LogP contribution in [0.2, 0.25) is 0 Å². The largest absolute Gasteiger partial charge is 0.457 e. The number of anilines is 1. The molecule has 1 aromatic carbocycles. The van der Waals surface area contributed by atoms with Crippen LogP contribution in [0.25, 0.3) is 0 Å². The molecule has 26 heavy (non-hydrogen) atoms. The Labute approximate surface area is 150 Å². The molecule has 0 fully saturated rings. The predicted molar refractivity (Wildman–Crippen MR) is 93.1 cm³/mol. The number of aryl methyl sites for hydroxylation is 2. The predicted octanol–water partition coefficient (Wildman–Crippen LogP) is 2.71. The lowest BCUT2D eigenvalue weighted by molar-refractivity contribution is -0.142. The molecule has 1 aliphatic rings. The maximum Gasteiger partial charge on any atom is 0.306 e. The Balaban J connectivity index is 1.54. The van der Waals surface area contributed by atoms with E-state index >= 15 is 0 Å². The van der Waals surface area contributed by atoms with Crippen molar-refractivity contribution in [2.45, 2.75) is 39.5 Å². The average Bonchev–Trinajstić information content (AvgIpc) is 3.09. The van der Waals surface area contributed by atoms with Crippen LogP contribution in [0, 0.1) is 13.8 Å². The standard InChI is InChI=1S/C19H20N2O5/c1-10-15-8-13(4-6-16(15)20-19(10)24)17(22)9-25-18(23)7-5-14-11(2)21-26-12(14)3/h4,6,8,10H,5,7,9H2,1-3H3,(H,20,24)/t10-/m1/s1. The molecule has 0 saturated carbocycles. The van der Waals surface area contributed by atoms with Gasteiger partial charge in [-0.05, 0) is 51.0 Å². The highest BCUT2D eigenvalue weighted by atomic mass is 16.5. The number of benzene rings is 1. The number of ether oxygens (including phenoxy) is 1. The second-order valence-corrected chi connectivity index (χ2v) is 6.40. The zero-order valence-electron chi connectivity index (χ0n) is 14.9. The minimum absolute atomic E-state index is 0.0876. The first-order chi connectivity index (χ1) is 12.4. The lowest BCUT2D eigenvalue weighted by Gasteiger charge is -2.07. The van der Waals surface area contributed by atoms with Crippen LogP contribution in [-0.2, 0) is 20.7 Å².